The molecule has 0 radical (unpaired) electrons. The molecule has 2 aromatic carbocycles. The Balaban J connectivity index is 0.000000257. The summed E-state index contributed by atoms with van der Waals surface area (Å²) < 4.78 is 16.3. The van der Waals surface area contributed by atoms with Crippen LogP contribution in [0.1, 0.15) is 11.1 Å². The third-order valence-corrected chi connectivity index (χ3v) is 4.39. The summed E-state index contributed by atoms with van der Waals surface area (Å²) in [5, 5.41) is 0. The SMILES string of the molecule is O=P(O)(O)O.[K][c]1cccc2c1Cc1ccccc1O2. The van der Waals surface area contributed by atoms with Crippen LogP contribution in [0.5, 0.6) is 11.5 Å². The zero-order valence-corrected chi connectivity index (χ0v) is 14.9. The van der Waals surface area contributed by atoms with Crippen molar-refractivity contribution in [2.45, 2.75) is 6.42 Å². The van der Waals surface area contributed by atoms with Crippen LogP contribution in [0.25, 0.3) is 0 Å². The first-order chi connectivity index (χ1) is 9.34. The van der Waals surface area contributed by atoms with Crippen molar-refractivity contribution < 1.29 is 24.0 Å². The molecule has 3 rings (SSSR count). The zero-order chi connectivity index (χ0) is 14.8. The molecule has 1 aliphatic rings. The van der Waals surface area contributed by atoms with E-state index < -0.39 is 7.82 Å². The molecule has 0 bridgehead atoms. The van der Waals surface area contributed by atoms with Gasteiger partial charge in [0.25, 0.3) is 0 Å². The first-order valence-electron chi connectivity index (χ1n) is 5.97. The maximum atomic E-state index is 8.88. The molecule has 100 valence electrons. The number of phosphoric acid groups is 1. The molecule has 5 nitrogen and oxygen atoms in total. The van der Waals surface area contributed by atoms with Gasteiger partial charge in [0.1, 0.15) is 0 Å². The van der Waals surface area contributed by atoms with Crippen molar-refractivity contribution in [3.05, 3.63) is 53.6 Å². The number of hydrogen-bond donors (Lipinski definition) is 3. The Kier molecular flexibility index (Phi) is 5.59. The van der Waals surface area contributed by atoms with Crippen molar-refractivity contribution in [2.75, 3.05) is 0 Å². The summed E-state index contributed by atoms with van der Waals surface area (Å²) in [5.41, 5.74) is 2.71. The molecule has 0 saturated heterocycles. The van der Waals surface area contributed by atoms with Crippen LogP contribution in [0.3, 0.4) is 0 Å². The Morgan fingerprint density at radius 3 is 2.30 bits per heavy atom. The molecule has 0 fully saturated rings. The number of ether oxygens (including phenoxy) is 1. The molecule has 1 heterocycles. The number of para-hydroxylation sites is 1. The molecule has 0 saturated carbocycles. The standard InChI is InChI=1S/C13H9O.K.H3O4P/c1-3-7-12-10(5-1)9-11-6-2-4-8-13(11)14-12;;1-5(2,3)4/h1-5,7-8H,9H2;;(H3,1,2,3,4). The van der Waals surface area contributed by atoms with Crippen LogP contribution in [-0.2, 0) is 11.0 Å². The molecule has 0 unspecified atom stereocenters. The Labute approximate surface area is 150 Å². The second-order valence-corrected chi connectivity index (χ2v) is 7.16. The van der Waals surface area contributed by atoms with Crippen molar-refractivity contribution in [1.82, 2.24) is 0 Å². The van der Waals surface area contributed by atoms with Gasteiger partial charge in [0, 0.05) is 0 Å². The van der Waals surface area contributed by atoms with Gasteiger partial charge in [-0.3, -0.25) is 0 Å². The van der Waals surface area contributed by atoms with Gasteiger partial charge in [-0.1, -0.05) is 0 Å². The van der Waals surface area contributed by atoms with Crippen molar-refractivity contribution in [3.63, 3.8) is 0 Å². The summed E-state index contributed by atoms with van der Waals surface area (Å²) in [6.07, 6.45) is 1.03. The van der Waals surface area contributed by atoms with Crippen LogP contribution in [-0.4, -0.2) is 63.6 Å². The minimum absolute atomic E-state index is 0.716. The van der Waals surface area contributed by atoms with Crippen LogP contribution in [0.15, 0.2) is 42.5 Å². The molecule has 7 heteroatoms. The topological polar surface area (TPSA) is 87.0 Å². The molecule has 1 aliphatic heterocycles. The zero-order valence-electron chi connectivity index (χ0n) is 10.9. The molecule has 0 spiro atoms. The molecule has 20 heavy (non-hydrogen) atoms. The number of hydrogen-bond acceptors (Lipinski definition) is 2. The van der Waals surface area contributed by atoms with Gasteiger partial charge in [0.05, 0.1) is 0 Å². The summed E-state index contributed by atoms with van der Waals surface area (Å²) in [4.78, 5) is 21.6. The normalized spacial score (nSPS) is 12.4. The van der Waals surface area contributed by atoms with Gasteiger partial charge in [-0.25, -0.2) is 4.57 Å². The first-order valence-corrected chi connectivity index (χ1v) is 9.10. The van der Waals surface area contributed by atoms with Crippen LogP contribution < -0.4 is 4.39 Å². The van der Waals surface area contributed by atoms with Crippen LogP contribution in [0.4, 0.5) is 0 Å². The van der Waals surface area contributed by atoms with Gasteiger partial charge in [0.15, 0.2) is 0 Å². The van der Waals surface area contributed by atoms with Crippen LogP contribution in [0.2, 0.25) is 0 Å². The van der Waals surface area contributed by atoms with Crippen molar-refractivity contribution in [2.24, 2.45) is 0 Å². The summed E-state index contributed by atoms with van der Waals surface area (Å²) >= 11 is 0.716. The fourth-order valence-electron chi connectivity index (χ4n) is 2.06. The van der Waals surface area contributed by atoms with Gasteiger partial charge in [0.2, 0.25) is 0 Å². The second kappa shape index (κ2) is 6.83. The van der Waals surface area contributed by atoms with E-state index in [1.54, 1.807) is 0 Å². The molecule has 3 N–H and O–H groups in total. The van der Waals surface area contributed by atoms with E-state index in [1.807, 2.05) is 12.1 Å². The summed E-state index contributed by atoms with van der Waals surface area (Å²) in [6, 6.07) is 14.7. The summed E-state index contributed by atoms with van der Waals surface area (Å²) in [7, 11) is -4.64. The van der Waals surface area contributed by atoms with E-state index in [9.17, 15) is 0 Å². The van der Waals surface area contributed by atoms with E-state index in [0.29, 0.717) is 49.0 Å². The average Bonchev–Trinajstić information content (AvgIpc) is 2.35. The van der Waals surface area contributed by atoms with Crippen LogP contribution in [0, 0.1) is 0 Å². The predicted octanol–water partition coefficient (Wildman–Crippen LogP) is 1.25. The molecular weight excluding hydrogens is 306 g/mol. The average molecular weight is 318 g/mol. The van der Waals surface area contributed by atoms with E-state index >= 15 is 0 Å². The second-order valence-electron chi connectivity index (χ2n) is 4.45. The van der Waals surface area contributed by atoms with Crippen molar-refractivity contribution in [3.8, 4) is 11.5 Å². The fourth-order valence-corrected chi connectivity index (χ4v) is 3.02. The van der Waals surface area contributed by atoms with E-state index in [2.05, 4.69) is 30.3 Å². The van der Waals surface area contributed by atoms with Gasteiger partial charge in [-0.2, -0.15) is 0 Å². The third kappa shape index (κ3) is 4.77. The Morgan fingerprint density at radius 1 is 1.00 bits per heavy atom. The quantitative estimate of drug-likeness (QED) is 0.429. The van der Waals surface area contributed by atoms with Gasteiger partial charge >= 0.3 is 133 Å². The molecular formula is C13H12KO5P. The van der Waals surface area contributed by atoms with Crippen molar-refractivity contribution >= 4 is 56.4 Å². The fraction of sp³-hybridized carbons (Fsp3) is 0.0769. The molecule has 0 aromatic heterocycles. The monoisotopic (exact) mass is 318 g/mol. The van der Waals surface area contributed by atoms with E-state index in [4.69, 9.17) is 24.0 Å². The van der Waals surface area contributed by atoms with Gasteiger partial charge < -0.3 is 14.7 Å². The third-order valence-electron chi connectivity index (χ3n) is 2.93. The first kappa shape index (κ1) is 16.4. The van der Waals surface area contributed by atoms with Crippen LogP contribution >= 0.6 is 7.82 Å². The molecule has 0 atom stereocenters. The van der Waals surface area contributed by atoms with E-state index in [0.717, 1.165) is 17.9 Å². The van der Waals surface area contributed by atoms with E-state index in [1.165, 1.54) is 10.8 Å². The number of rotatable bonds is 0. The maximum absolute atomic E-state index is 8.88. The summed E-state index contributed by atoms with van der Waals surface area (Å²) in [5.74, 6) is 2.07. The van der Waals surface area contributed by atoms with Gasteiger partial charge in [-0.15, -0.1) is 0 Å². The Bertz CT molecular complexity index is 659. The van der Waals surface area contributed by atoms with Crippen molar-refractivity contribution in [1.29, 1.82) is 0 Å². The summed E-state index contributed by atoms with van der Waals surface area (Å²) in [6.45, 7) is 0. The molecule has 2 aromatic rings. The van der Waals surface area contributed by atoms with Gasteiger partial charge in [-0.05, 0) is 0 Å². The number of fused-ring (bicyclic) bond motifs is 2. The molecule has 0 aliphatic carbocycles. The Morgan fingerprint density at radius 2 is 1.60 bits per heavy atom. The predicted molar refractivity (Wildman–Crippen MR) is 75.4 cm³/mol. The minimum atomic E-state index is -4.64. The molecule has 0 amide bonds. The Hall–Kier alpha value is -0.0136. The van der Waals surface area contributed by atoms with E-state index in [-0.39, 0.29) is 0 Å². The number of benzene rings is 2.